The Morgan fingerprint density at radius 2 is 2.20 bits per heavy atom. The summed E-state index contributed by atoms with van der Waals surface area (Å²) in [7, 11) is 0. The molecule has 1 amide bonds. The maximum absolute atomic E-state index is 12.2. The number of thiophene rings is 1. The van der Waals surface area contributed by atoms with E-state index in [-0.39, 0.29) is 12.0 Å². The van der Waals surface area contributed by atoms with Crippen molar-refractivity contribution in [3.05, 3.63) is 41.0 Å². The molecule has 0 spiro atoms. The second-order valence-corrected chi connectivity index (χ2v) is 5.45. The van der Waals surface area contributed by atoms with Crippen LogP contribution in [0.5, 0.6) is 5.88 Å². The van der Waals surface area contributed by atoms with Crippen LogP contribution in [0.3, 0.4) is 0 Å². The number of carbonyl (C=O) groups excluding carboxylic acids is 1. The van der Waals surface area contributed by atoms with E-state index in [1.54, 1.807) is 23.6 Å². The van der Waals surface area contributed by atoms with E-state index in [0.717, 1.165) is 31.5 Å². The van der Waals surface area contributed by atoms with Gasteiger partial charge in [0.15, 0.2) is 0 Å². The van der Waals surface area contributed by atoms with Crippen LogP contribution in [-0.2, 0) is 0 Å². The quantitative estimate of drug-likeness (QED) is 0.869. The van der Waals surface area contributed by atoms with Crippen LogP contribution in [0.15, 0.2) is 35.4 Å². The number of ether oxygens (including phenoxy) is 1. The fraction of sp³-hybridized carbons (Fsp3) is 0.357. The lowest BCUT2D eigenvalue weighted by atomic mass is 10.1. The SMILES string of the molecule is O=C(c1ccsc1)N1CCC(Oc2ccncn2)CC1. The summed E-state index contributed by atoms with van der Waals surface area (Å²) in [5, 5.41) is 3.82. The molecule has 1 fully saturated rings. The molecule has 1 saturated heterocycles. The summed E-state index contributed by atoms with van der Waals surface area (Å²) in [6.07, 6.45) is 4.93. The standard InChI is InChI=1S/C14H15N3O2S/c18-14(11-4-8-20-9-11)17-6-2-12(3-7-17)19-13-1-5-15-10-16-13/h1,4-5,8-10,12H,2-3,6-7H2. The van der Waals surface area contributed by atoms with Crippen LogP contribution in [0.2, 0.25) is 0 Å². The molecule has 0 aliphatic carbocycles. The molecule has 0 N–H and O–H groups in total. The monoisotopic (exact) mass is 289 g/mol. The molecular formula is C14H15N3O2S. The van der Waals surface area contributed by atoms with Gasteiger partial charge in [0.05, 0.1) is 5.56 Å². The molecule has 1 aliphatic rings. The number of piperidine rings is 1. The smallest absolute Gasteiger partial charge is 0.254 e. The van der Waals surface area contributed by atoms with Crippen molar-refractivity contribution in [1.29, 1.82) is 0 Å². The van der Waals surface area contributed by atoms with Crippen LogP contribution in [0.25, 0.3) is 0 Å². The first-order valence-electron chi connectivity index (χ1n) is 6.57. The lowest BCUT2D eigenvalue weighted by Crippen LogP contribution is -2.41. The van der Waals surface area contributed by atoms with Gasteiger partial charge in [-0.1, -0.05) is 0 Å². The second kappa shape index (κ2) is 6.00. The van der Waals surface area contributed by atoms with Crippen LogP contribution in [0.1, 0.15) is 23.2 Å². The number of carbonyl (C=O) groups is 1. The molecule has 6 heteroatoms. The Morgan fingerprint density at radius 1 is 1.35 bits per heavy atom. The Labute approximate surface area is 121 Å². The van der Waals surface area contributed by atoms with Gasteiger partial charge < -0.3 is 9.64 Å². The van der Waals surface area contributed by atoms with Crippen molar-refractivity contribution in [2.24, 2.45) is 0 Å². The van der Waals surface area contributed by atoms with E-state index in [9.17, 15) is 4.79 Å². The third-order valence-corrected chi connectivity index (χ3v) is 4.02. The van der Waals surface area contributed by atoms with Crippen molar-refractivity contribution in [1.82, 2.24) is 14.9 Å². The maximum atomic E-state index is 12.2. The number of hydrogen-bond donors (Lipinski definition) is 0. The number of aromatic nitrogens is 2. The minimum Gasteiger partial charge on any atom is -0.474 e. The van der Waals surface area contributed by atoms with E-state index < -0.39 is 0 Å². The van der Waals surface area contributed by atoms with E-state index in [0.29, 0.717) is 5.88 Å². The average Bonchev–Trinajstić information content (AvgIpc) is 3.03. The maximum Gasteiger partial charge on any atom is 0.254 e. The zero-order valence-electron chi connectivity index (χ0n) is 10.9. The molecule has 2 aromatic heterocycles. The molecule has 2 aromatic rings. The van der Waals surface area contributed by atoms with Crippen molar-refractivity contribution in [2.45, 2.75) is 18.9 Å². The van der Waals surface area contributed by atoms with Gasteiger partial charge in [0, 0.05) is 43.6 Å². The Kier molecular flexibility index (Phi) is 3.92. The van der Waals surface area contributed by atoms with Gasteiger partial charge in [-0.3, -0.25) is 4.79 Å². The van der Waals surface area contributed by atoms with Crippen molar-refractivity contribution in [2.75, 3.05) is 13.1 Å². The highest BCUT2D eigenvalue weighted by atomic mass is 32.1. The van der Waals surface area contributed by atoms with Gasteiger partial charge in [-0.15, -0.1) is 0 Å². The Bertz CT molecular complexity index is 551. The Hall–Kier alpha value is -1.95. The molecule has 0 bridgehead atoms. The number of rotatable bonds is 3. The van der Waals surface area contributed by atoms with Crippen molar-refractivity contribution >= 4 is 17.2 Å². The number of amides is 1. The van der Waals surface area contributed by atoms with Gasteiger partial charge >= 0.3 is 0 Å². The fourth-order valence-electron chi connectivity index (χ4n) is 2.26. The average molecular weight is 289 g/mol. The third-order valence-electron chi connectivity index (χ3n) is 3.34. The molecule has 3 heterocycles. The summed E-state index contributed by atoms with van der Waals surface area (Å²) in [6.45, 7) is 1.45. The first kappa shape index (κ1) is 13.1. The highest BCUT2D eigenvalue weighted by Crippen LogP contribution is 2.19. The van der Waals surface area contributed by atoms with Gasteiger partial charge in [-0.25, -0.2) is 9.97 Å². The van der Waals surface area contributed by atoms with Crippen molar-refractivity contribution in [3.8, 4) is 5.88 Å². The number of hydrogen-bond acceptors (Lipinski definition) is 5. The number of nitrogens with zero attached hydrogens (tertiary/aromatic N) is 3. The van der Waals surface area contributed by atoms with Crippen LogP contribution in [0.4, 0.5) is 0 Å². The molecule has 0 saturated carbocycles. The van der Waals surface area contributed by atoms with E-state index in [1.165, 1.54) is 6.33 Å². The van der Waals surface area contributed by atoms with Gasteiger partial charge in [-0.05, 0) is 11.4 Å². The normalized spacial score (nSPS) is 16.1. The third kappa shape index (κ3) is 2.96. The van der Waals surface area contributed by atoms with Gasteiger partial charge in [0.2, 0.25) is 5.88 Å². The Morgan fingerprint density at radius 3 is 2.85 bits per heavy atom. The molecule has 0 unspecified atom stereocenters. The largest absolute Gasteiger partial charge is 0.474 e. The summed E-state index contributed by atoms with van der Waals surface area (Å²) < 4.78 is 5.79. The summed E-state index contributed by atoms with van der Waals surface area (Å²) >= 11 is 1.55. The minimum atomic E-state index is 0.117. The summed E-state index contributed by atoms with van der Waals surface area (Å²) in [4.78, 5) is 22.0. The molecule has 104 valence electrons. The predicted octanol–water partition coefficient (Wildman–Crippen LogP) is 2.22. The zero-order chi connectivity index (χ0) is 13.8. The molecule has 5 nitrogen and oxygen atoms in total. The molecule has 0 atom stereocenters. The van der Waals surface area contributed by atoms with Crippen molar-refractivity contribution in [3.63, 3.8) is 0 Å². The molecular weight excluding hydrogens is 274 g/mol. The van der Waals surface area contributed by atoms with E-state index in [1.807, 2.05) is 21.7 Å². The molecule has 0 aromatic carbocycles. The first-order chi connectivity index (χ1) is 9.83. The van der Waals surface area contributed by atoms with Gasteiger partial charge in [0.25, 0.3) is 5.91 Å². The first-order valence-corrected chi connectivity index (χ1v) is 7.51. The van der Waals surface area contributed by atoms with Crippen molar-refractivity contribution < 1.29 is 9.53 Å². The topological polar surface area (TPSA) is 55.3 Å². The highest BCUT2D eigenvalue weighted by Gasteiger charge is 2.25. The number of likely N-dealkylation sites (tertiary alicyclic amines) is 1. The lowest BCUT2D eigenvalue weighted by molar-refractivity contribution is 0.0588. The second-order valence-electron chi connectivity index (χ2n) is 4.67. The van der Waals surface area contributed by atoms with Gasteiger partial charge in [-0.2, -0.15) is 11.3 Å². The van der Waals surface area contributed by atoms with Crippen LogP contribution in [-0.4, -0.2) is 40.0 Å². The van der Waals surface area contributed by atoms with Gasteiger partial charge in [0.1, 0.15) is 12.4 Å². The van der Waals surface area contributed by atoms with E-state index >= 15 is 0 Å². The fourth-order valence-corrected chi connectivity index (χ4v) is 2.89. The molecule has 3 rings (SSSR count). The highest BCUT2D eigenvalue weighted by molar-refractivity contribution is 7.08. The van der Waals surface area contributed by atoms with Crippen LogP contribution < -0.4 is 4.74 Å². The zero-order valence-corrected chi connectivity index (χ0v) is 11.8. The lowest BCUT2D eigenvalue weighted by Gasteiger charge is -2.31. The van der Waals surface area contributed by atoms with E-state index in [2.05, 4.69) is 9.97 Å². The predicted molar refractivity (Wildman–Crippen MR) is 75.9 cm³/mol. The van der Waals surface area contributed by atoms with Crippen LogP contribution >= 0.6 is 11.3 Å². The molecule has 20 heavy (non-hydrogen) atoms. The van der Waals surface area contributed by atoms with Crippen LogP contribution in [0, 0.1) is 0 Å². The minimum absolute atomic E-state index is 0.117. The molecule has 0 radical (unpaired) electrons. The van der Waals surface area contributed by atoms with E-state index in [4.69, 9.17) is 4.74 Å². The summed E-state index contributed by atoms with van der Waals surface area (Å²) in [6, 6.07) is 3.62. The summed E-state index contributed by atoms with van der Waals surface area (Å²) in [5.74, 6) is 0.717. The summed E-state index contributed by atoms with van der Waals surface area (Å²) in [5.41, 5.74) is 0.783. The Balaban J connectivity index is 1.53. The molecule has 1 aliphatic heterocycles.